The molecule has 0 unspecified atom stereocenters. The number of nitro groups is 1. The third-order valence-corrected chi connectivity index (χ3v) is 5.59. The summed E-state index contributed by atoms with van der Waals surface area (Å²) in [5.74, 6) is 0.954. The van der Waals surface area contributed by atoms with Gasteiger partial charge in [0.15, 0.2) is 11.5 Å². The predicted molar refractivity (Wildman–Crippen MR) is 116 cm³/mol. The minimum Gasteiger partial charge on any atom is -0.493 e. The molecule has 1 fully saturated rings. The number of carbonyl (C=O) groups excluding carboxylic acids is 1. The molecule has 3 rings (SSSR count). The van der Waals surface area contributed by atoms with Crippen molar-refractivity contribution >= 4 is 46.0 Å². The summed E-state index contributed by atoms with van der Waals surface area (Å²) in [5.41, 5.74) is 1.62. The lowest BCUT2D eigenvalue weighted by Crippen LogP contribution is -2.27. The van der Waals surface area contributed by atoms with Gasteiger partial charge in [0.05, 0.1) is 16.9 Å². The van der Waals surface area contributed by atoms with Gasteiger partial charge < -0.3 is 9.47 Å². The van der Waals surface area contributed by atoms with Crippen LogP contribution in [0.3, 0.4) is 0 Å². The minimum absolute atomic E-state index is 0.0316. The van der Waals surface area contributed by atoms with Crippen LogP contribution in [0.4, 0.5) is 5.69 Å². The van der Waals surface area contributed by atoms with Crippen LogP contribution in [0.15, 0.2) is 47.4 Å². The minimum atomic E-state index is -0.444. The summed E-state index contributed by atoms with van der Waals surface area (Å²) < 4.78 is 11.8. The highest BCUT2D eigenvalue weighted by Gasteiger charge is 2.30. The van der Waals surface area contributed by atoms with E-state index in [0.717, 1.165) is 11.1 Å². The number of benzene rings is 2. The molecule has 0 atom stereocenters. The maximum Gasteiger partial charge on any atom is 0.269 e. The van der Waals surface area contributed by atoms with Crippen LogP contribution >= 0.6 is 24.0 Å². The van der Waals surface area contributed by atoms with Crippen molar-refractivity contribution in [1.82, 2.24) is 4.90 Å². The highest BCUT2D eigenvalue weighted by Crippen LogP contribution is 2.34. The number of non-ortho nitro benzene ring substituents is 1. The third kappa shape index (κ3) is 4.75. The molecular weight excluding hydrogens is 412 g/mol. The Hall–Kier alpha value is -2.91. The number of hydrogen-bond acceptors (Lipinski definition) is 7. The number of ether oxygens (including phenoxy) is 2. The maximum absolute atomic E-state index is 12.3. The van der Waals surface area contributed by atoms with E-state index in [-0.39, 0.29) is 18.2 Å². The van der Waals surface area contributed by atoms with Crippen LogP contribution in [0.5, 0.6) is 11.5 Å². The lowest BCUT2D eigenvalue weighted by Gasteiger charge is -2.12. The van der Waals surface area contributed by atoms with E-state index in [4.69, 9.17) is 21.7 Å². The highest BCUT2D eigenvalue weighted by atomic mass is 32.2. The van der Waals surface area contributed by atoms with Crippen LogP contribution in [-0.2, 0) is 11.4 Å². The lowest BCUT2D eigenvalue weighted by atomic mass is 10.1. The Balaban J connectivity index is 1.74. The SMILES string of the molecule is CCN1C(=O)C(=Cc2ccc(OCc3ccc([N+](=O)[O-])cc3)c(OC)c2)SC1=S. The van der Waals surface area contributed by atoms with Gasteiger partial charge >= 0.3 is 0 Å². The smallest absolute Gasteiger partial charge is 0.269 e. The predicted octanol–water partition coefficient (Wildman–Crippen LogP) is 4.40. The van der Waals surface area contributed by atoms with E-state index in [1.54, 1.807) is 35.2 Å². The molecule has 150 valence electrons. The molecule has 1 aliphatic heterocycles. The van der Waals surface area contributed by atoms with Crippen molar-refractivity contribution < 1.29 is 19.2 Å². The van der Waals surface area contributed by atoms with E-state index in [2.05, 4.69) is 0 Å². The van der Waals surface area contributed by atoms with Gasteiger partial charge in [-0.2, -0.15) is 0 Å². The molecule has 9 heteroatoms. The van der Waals surface area contributed by atoms with E-state index in [9.17, 15) is 14.9 Å². The van der Waals surface area contributed by atoms with Gasteiger partial charge in [-0.15, -0.1) is 0 Å². The zero-order valence-corrected chi connectivity index (χ0v) is 17.4. The molecule has 0 aliphatic carbocycles. The molecule has 1 aliphatic rings. The summed E-state index contributed by atoms with van der Waals surface area (Å²) in [6.07, 6.45) is 1.78. The topological polar surface area (TPSA) is 81.9 Å². The van der Waals surface area contributed by atoms with E-state index in [1.807, 2.05) is 13.0 Å². The molecule has 0 aromatic heterocycles. The Morgan fingerprint density at radius 2 is 1.93 bits per heavy atom. The number of thioether (sulfide) groups is 1. The van der Waals surface area contributed by atoms with Crippen LogP contribution in [0, 0.1) is 10.1 Å². The Morgan fingerprint density at radius 3 is 2.52 bits per heavy atom. The van der Waals surface area contributed by atoms with Crippen LogP contribution in [0.1, 0.15) is 18.1 Å². The second-order valence-electron chi connectivity index (χ2n) is 6.05. The normalized spacial score (nSPS) is 15.1. The maximum atomic E-state index is 12.3. The molecule has 0 N–H and O–H groups in total. The number of likely N-dealkylation sites (N-methyl/N-ethyl adjacent to an activating group) is 1. The van der Waals surface area contributed by atoms with Crippen LogP contribution < -0.4 is 9.47 Å². The summed E-state index contributed by atoms with van der Waals surface area (Å²) in [5, 5.41) is 10.7. The summed E-state index contributed by atoms with van der Waals surface area (Å²) in [6, 6.07) is 11.5. The summed E-state index contributed by atoms with van der Waals surface area (Å²) in [7, 11) is 1.54. The first-order valence-electron chi connectivity index (χ1n) is 8.72. The van der Waals surface area contributed by atoms with Gasteiger partial charge in [0.1, 0.15) is 10.9 Å². The van der Waals surface area contributed by atoms with Crippen molar-refractivity contribution in [3.05, 3.63) is 68.6 Å². The molecule has 0 bridgehead atoms. The van der Waals surface area contributed by atoms with E-state index in [0.29, 0.717) is 27.3 Å². The molecule has 0 radical (unpaired) electrons. The second-order valence-corrected chi connectivity index (χ2v) is 7.72. The van der Waals surface area contributed by atoms with Crippen molar-refractivity contribution in [2.45, 2.75) is 13.5 Å². The highest BCUT2D eigenvalue weighted by molar-refractivity contribution is 8.26. The standard InChI is InChI=1S/C20H18N2O5S2/c1-3-21-19(23)18(29-20(21)28)11-14-6-9-16(17(10-14)26-2)27-12-13-4-7-15(8-5-13)22(24)25/h4-11H,3,12H2,1-2H3. The van der Waals surface area contributed by atoms with Crippen molar-refractivity contribution in [3.8, 4) is 11.5 Å². The van der Waals surface area contributed by atoms with Crippen molar-refractivity contribution in [2.24, 2.45) is 0 Å². The fourth-order valence-electron chi connectivity index (χ4n) is 2.69. The van der Waals surface area contributed by atoms with Gasteiger partial charge in [0.25, 0.3) is 11.6 Å². The fraction of sp³-hybridized carbons (Fsp3) is 0.200. The fourth-order valence-corrected chi connectivity index (χ4v) is 4.08. The Bertz CT molecular complexity index is 989. The summed E-state index contributed by atoms with van der Waals surface area (Å²) >= 11 is 6.51. The summed E-state index contributed by atoms with van der Waals surface area (Å²) in [4.78, 5) is 24.8. The van der Waals surface area contributed by atoms with Crippen molar-refractivity contribution in [1.29, 1.82) is 0 Å². The zero-order valence-electron chi connectivity index (χ0n) is 15.8. The molecule has 2 aromatic rings. The molecule has 0 saturated carbocycles. The Morgan fingerprint density at radius 1 is 1.21 bits per heavy atom. The Labute approximate surface area is 177 Å². The molecule has 7 nitrogen and oxygen atoms in total. The number of methoxy groups -OCH3 is 1. The first-order chi connectivity index (χ1) is 13.9. The molecule has 1 amide bonds. The van der Waals surface area contributed by atoms with E-state index in [1.165, 1.54) is 31.0 Å². The average molecular weight is 431 g/mol. The number of nitrogens with zero attached hydrogens (tertiary/aromatic N) is 2. The number of hydrogen-bond donors (Lipinski definition) is 0. The first-order valence-corrected chi connectivity index (χ1v) is 9.95. The number of amides is 1. The number of rotatable bonds is 7. The molecule has 2 aromatic carbocycles. The van der Waals surface area contributed by atoms with E-state index >= 15 is 0 Å². The first kappa shape index (κ1) is 20.8. The zero-order chi connectivity index (χ0) is 21.0. The molecule has 0 spiro atoms. The van der Waals surface area contributed by atoms with E-state index < -0.39 is 4.92 Å². The largest absolute Gasteiger partial charge is 0.493 e. The Kier molecular flexibility index (Phi) is 6.50. The molecule has 1 saturated heterocycles. The molecular formula is C20H18N2O5S2. The lowest BCUT2D eigenvalue weighted by molar-refractivity contribution is -0.384. The molecule has 29 heavy (non-hydrogen) atoms. The van der Waals surface area contributed by atoms with Crippen molar-refractivity contribution in [2.75, 3.05) is 13.7 Å². The monoisotopic (exact) mass is 430 g/mol. The molecule has 1 heterocycles. The van der Waals surface area contributed by atoms with Gasteiger partial charge in [-0.05, 0) is 48.4 Å². The van der Waals surface area contributed by atoms with Crippen LogP contribution in [0.2, 0.25) is 0 Å². The number of nitro benzene ring substituents is 1. The van der Waals surface area contributed by atoms with Crippen LogP contribution in [0.25, 0.3) is 6.08 Å². The number of carbonyl (C=O) groups is 1. The van der Waals surface area contributed by atoms with Crippen molar-refractivity contribution in [3.63, 3.8) is 0 Å². The summed E-state index contributed by atoms with van der Waals surface area (Å²) in [6.45, 7) is 2.66. The quantitative estimate of drug-likeness (QED) is 0.279. The number of thiocarbonyl (C=S) groups is 1. The van der Waals surface area contributed by atoms with Gasteiger partial charge in [-0.1, -0.05) is 30.0 Å². The average Bonchev–Trinajstić information content (AvgIpc) is 2.99. The van der Waals surface area contributed by atoms with Gasteiger partial charge in [0.2, 0.25) is 0 Å². The van der Waals surface area contributed by atoms with Gasteiger partial charge in [0, 0.05) is 18.7 Å². The second kappa shape index (κ2) is 9.06. The van der Waals surface area contributed by atoms with Crippen LogP contribution in [-0.4, -0.2) is 33.7 Å². The third-order valence-electron chi connectivity index (χ3n) is 4.22. The van der Waals surface area contributed by atoms with Gasteiger partial charge in [-0.25, -0.2) is 0 Å². The van der Waals surface area contributed by atoms with Gasteiger partial charge in [-0.3, -0.25) is 19.8 Å².